The molecule has 0 aliphatic carbocycles. The summed E-state index contributed by atoms with van der Waals surface area (Å²) in [6.45, 7) is 2.58. The number of hydrogen-bond acceptors (Lipinski definition) is 4. The molecular formula is C18H20N2O2. The average molecular weight is 296 g/mol. The fraction of sp³-hybridized carbons (Fsp3) is 0.222. The normalized spacial score (nSPS) is 13.0. The number of benzene rings is 2. The molecule has 4 nitrogen and oxygen atoms in total. The van der Waals surface area contributed by atoms with Gasteiger partial charge >= 0.3 is 0 Å². The van der Waals surface area contributed by atoms with Crippen molar-refractivity contribution in [3.05, 3.63) is 59.7 Å². The van der Waals surface area contributed by atoms with Gasteiger partial charge in [-0.25, -0.2) is 0 Å². The average Bonchev–Trinajstić information content (AvgIpc) is 2.54. The van der Waals surface area contributed by atoms with Gasteiger partial charge in [-0.2, -0.15) is 0 Å². The lowest BCUT2D eigenvalue weighted by molar-refractivity contribution is 0.474. The summed E-state index contributed by atoms with van der Waals surface area (Å²) >= 11 is 0. The molecule has 0 aliphatic rings. The van der Waals surface area contributed by atoms with Crippen LogP contribution in [0.15, 0.2) is 58.5 Å². The molecule has 2 aromatic carbocycles. The molecule has 0 saturated heterocycles. The lowest BCUT2D eigenvalue weighted by Gasteiger charge is -2.06. The number of aromatic hydroxyl groups is 2. The molecule has 22 heavy (non-hydrogen) atoms. The van der Waals surface area contributed by atoms with Crippen molar-refractivity contribution >= 4 is 12.4 Å². The predicted molar refractivity (Wildman–Crippen MR) is 90.3 cm³/mol. The van der Waals surface area contributed by atoms with Crippen molar-refractivity contribution in [3.63, 3.8) is 0 Å². The molecule has 0 bridgehead atoms. The molecule has 0 heterocycles. The molecule has 1 unspecified atom stereocenters. The Morgan fingerprint density at radius 1 is 0.909 bits per heavy atom. The first-order chi connectivity index (χ1) is 10.7. The van der Waals surface area contributed by atoms with E-state index in [-0.39, 0.29) is 17.5 Å². The molecule has 0 spiro atoms. The first-order valence-corrected chi connectivity index (χ1v) is 7.29. The maximum absolute atomic E-state index is 9.70. The van der Waals surface area contributed by atoms with Crippen LogP contribution >= 0.6 is 0 Å². The Kier molecular flexibility index (Phi) is 5.72. The van der Waals surface area contributed by atoms with Crippen molar-refractivity contribution < 1.29 is 10.2 Å². The van der Waals surface area contributed by atoms with Crippen molar-refractivity contribution in [1.29, 1.82) is 0 Å². The number of nitrogens with zero attached hydrogens (tertiary/aromatic N) is 2. The monoisotopic (exact) mass is 296 g/mol. The Labute approximate surface area is 130 Å². The minimum Gasteiger partial charge on any atom is -0.507 e. The highest BCUT2D eigenvalue weighted by molar-refractivity contribution is 5.84. The first kappa shape index (κ1) is 15.8. The summed E-state index contributed by atoms with van der Waals surface area (Å²) in [5.41, 5.74) is 1.40. The van der Waals surface area contributed by atoms with Gasteiger partial charge in [0.25, 0.3) is 0 Å². The summed E-state index contributed by atoms with van der Waals surface area (Å²) in [6, 6.07) is 14.2. The van der Waals surface area contributed by atoms with E-state index in [1.54, 1.807) is 36.7 Å². The second-order valence-corrected chi connectivity index (χ2v) is 4.95. The minimum atomic E-state index is 0.0433. The highest BCUT2D eigenvalue weighted by Gasteiger charge is 2.03. The van der Waals surface area contributed by atoms with Gasteiger partial charge in [0, 0.05) is 23.6 Å². The molecule has 114 valence electrons. The molecule has 4 heteroatoms. The summed E-state index contributed by atoms with van der Waals surface area (Å²) in [7, 11) is 0. The van der Waals surface area contributed by atoms with Gasteiger partial charge in [-0.1, -0.05) is 31.2 Å². The molecule has 0 fully saturated rings. The van der Waals surface area contributed by atoms with E-state index in [0.29, 0.717) is 17.7 Å². The predicted octanol–water partition coefficient (Wildman–Crippen LogP) is 3.41. The van der Waals surface area contributed by atoms with Gasteiger partial charge in [-0.3, -0.25) is 9.98 Å². The Morgan fingerprint density at radius 2 is 1.45 bits per heavy atom. The second kappa shape index (κ2) is 7.98. The third-order valence-electron chi connectivity index (χ3n) is 3.32. The number of phenolic OH excluding ortho intramolecular Hbond substituents is 2. The van der Waals surface area contributed by atoms with Gasteiger partial charge in [0.05, 0.1) is 12.6 Å². The number of rotatable bonds is 6. The highest BCUT2D eigenvalue weighted by Crippen LogP contribution is 2.14. The summed E-state index contributed by atoms with van der Waals surface area (Å²) in [5.74, 6) is 0.441. The second-order valence-electron chi connectivity index (χ2n) is 4.95. The van der Waals surface area contributed by atoms with Gasteiger partial charge in [-0.05, 0) is 30.7 Å². The van der Waals surface area contributed by atoms with E-state index in [1.807, 2.05) is 31.2 Å². The van der Waals surface area contributed by atoms with Crippen molar-refractivity contribution in [1.82, 2.24) is 0 Å². The third-order valence-corrected chi connectivity index (χ3v) is 3.32. The molecule has 2 rings (SSSR count). The zero-order valence-electron chi connectivity index (χ0n) is 12.6. The molecule has 0 aliphatic heterocycles. The highest BCUT2D eigenvalue weighted by atomic mass is 16.3. The molecule has 0 aromatic heterocycles. The lowest BCUT2D eigenvalue weighted by Crippen LogP contribution is -2.08. The van der Waals surface area contributed by atoms with Crippen LogP contribution in [0.1, 0.15) is 24.5 Å². The van der Waals surface area contributed by atoms with Gasteiger partial charge in [0.2, 0.25) is 0 Å². The molecular weight excluding hydrogens is 276 g/mol. The van der Waals surface area contributed by atoms with Crippen LogP contribution in [0.5, 0.6) is 11.5 Å². The van der Waals surface area contributed by atoms with Gasteiger partial charge in [0.15, 0.2) is 0 Å². The summed E-state index contributed by atoms with van der Waals surface area (Å²) in [4.78, 5) is 8.81. The zero-order chi connectivity index (χ0) is 15.8. The number of aliphatic imine (C=N–C) groups is 2. The van der Waals surface area contributed by atoms with Crippen molar-refractivity contribution in [3.8, 4) is 11.5 Å². The van der Waals surface area contributed by atoms with Crippen molar-refractivity contribution in [2.75, 3.05) is 6.54 Å². The van der Waals surface area contributed by atoms with E-state index in [9.17, 15) is 10.2 Å². The van der Waals surface area contributed by atoms with Crippen molar-refractivity contribution in [2.24, 2.45) is 9.98 Å². The lowest BCUT2D eigenvalue weighted by atomic mass is 10.2. The van der Waals surface area contributed by atoms with Crippen LogP contribution in [0.4, 0.5) is 0 Å². The van der Waals surface area contributed by atoms with Crippen LogP contribution in [0, 0.1) is 0 Å². The van der Waals surface area contributed by atoms with Crippen LogP contribution in [-0.4, -0.2) is 35.2 Å². The fourth-order valence-corrected chi connectivity index (χ4v) is 1.93. The zero-order valence-corrected chi connectivity index (χ0v) is 12.6. The van der Waals surface area contributed by atoms with Crippen LogP contribution in [0.3, 0.4) is 0 Å². The van der Waals surface area contributed by atoms with E-state index in [2.05, 4.69) is 9.98 Å². The topological polar surface area (TPSA) is 65.2 Å². The Bertz CT molecular complexity index is 666. The Balaban J connectivity index is 1.98. The van der Waals surface area contributed by atoms with E-state index in [1.165, 1.54) is 0 Å². The standard InChI is InChI=1S/C18H20N2O2/c1-2-16(20-12-15-8-4-6-10-18(15)22)13-19-11-14-7-3-5-9-17(14)21/h3-12,16,21-22H,2,13H2,1H3. The largest absolute Gasteiger partial charge is 0.507 e. The van der Waals surface area contributed by atoms with E-state index in [4.69, 9.17) is 0 Å². The van der Waals surface area contributed by atoms with E-state index < -0.39 is 0 Å². The number of para-hydroxylation sites is 2. The molecule has 1 atom stereocenters. The quantitative estimate of drug-likeness (QED) is 0.802. The first-order valence-electron chi connectivity index (χ1n) is 7.29. The minimum absolute atomic E-state index is 0.0433. The van der Waals surface area contributed by atoms with Crippen molar-refractivity contribution in [2.45, 2.75) is 19.4 Å². The Hall–Kier alpha value is -2.62. The van der Waals surface area contributed by atoms with E-state index in [0.717, 1.165) is 6.42 Å². The maximum Gasteiger partial charge on any atom is 0.124 e. The van der Waals surface area contributed by atoms with Crippen LogP contribution < -0.4 is 0 Å². The smallest absolute Gasteiger partial charge is 0.124 e. The van der Waals surface area contributed by atoms with E-state index >= 15 is 0 Å². The Morgan fingerprint density at radius 3 is 2.00 bits per heavy atom. The molecule has 0 radical (unpaired) electrons. The number of phenols is 2. The fourth-order valence-electron chi connectivity index (χ4n) is 1.93. The SMILES string of the molecule is CCC(CN=Cc1ccccc1O)N=Cc1ccccc1O. The maximum atomic E-state index is 9.70. The summed E-state index contributed by atoms with van der Waals surface area (Å²) < 4.78 is 0. The van der Waals surface area contributed by atoms with Crippen LogP contribution in [-0.2, 0) is 0 Å². The molecule has 2 aromatic rings. The third kappa shape index (κ3) is 4.45. The van der Waals surface area contributed by atoms with Gasteiger partial charge in [0.1, 0.15) is 11.5 Å². The summed E-state index contributed by atoms with van der Waals surface area (Å²) in [5, 5.41) is 19.4. The van der Waals surface area contributed by atoms with Gasteiger partial charge in [-0.15, -0.1) is 0 Å². The molecule has 0 saturated carbocycles. The number of hydrogen-bond donors (Lipinski definition) is 2. The summed E-state index contributed by atoms with van der Waals surface area (Å²) in [6.07, 6.45) is 4.19. The molecule has 2 N–H and O–H groups in total. The molecule has 0 amide bonds. The van der Waals surface area contributed by atoms with Crippen LogP contribution in [0.2, 0.25) is 0 Å². The van der Waals surface area contributed by atoms with Crippen LogP contribution in [0.25, 0.3) is 0 Å². The van der Waals surface area contributed by atoms with Gasteiger partial charge < -0.3 is 10.2 Å².